The minimum absolute atomic E-state index is 0.0475. The van der Waals surface area contributed by atoms with Crippen LogP contribution in [-0.2, 0) is 19.2 Å². The molecule has 5 atom stereocenters. The third kappa shape index (κ3) is 8.66. The van der Waals surface area contributed by atoms with Crippen molar-refractivity contribution in [3.05, 3.63) is 0 Å². The van der Waals surface area contributed by atoms with Crippen LogP contribution in [0.2, 0.25) is 0 Å². The summed E-state index contributed by atoms with van der Waals surface area (Å²) in [5.41, 5.74) is 5.74. The molecular formula is C18H34N4O6. The minimum atomic E-state index is -1.31. The van der Waals surface area contributed by atoms with E-state index in [0.29, 0.717) is 0 Å². The van der Waals surface area contributed by atoms with Crippen molar-refractivity contribution in [2.24, 2.45) is 17.6 Å². The molecule has 0 aromatic heterocycles. The van der Waals surface area contributed by atoms with Crippen LogP contribution in [0.1, 0.15) is 48.0 Å². The van der Waals surface area contributed by atoms with Crippen molar-refractivity contribution in [1.29, 1.82) is 0 Å². The van der Waals surface area contributed by atoms with Crippen LogP contribution in [0, 0.1) is 11.8 Å². The molecule has 0 bridgehead atoms. The molecule has 3 amide bonds. The number of carbonyl (C=O) groups is 4. The van der Waals surface area contributed by atoms with E-state index in [1.807, 2.05) is 13.8 Å². The average molecular weight is 402 g/mol. The predicted octanol–water partition coefficient (Wildman–Crippen LogP) is -1.04. The molecule has 10 nitrogen and oxygen atoms in total. The summed E-state index contributed by atoms with van der Waals surface area (Å²) in [6.07, 6.45) is -0.993. The Labute approximate surface area is 165 Å². The molecule has 162 valence electrons. The van der Waals surface area contributed by atoms with Crippen molar-refractivity contribution in [2.75, 3.05) is 0 Å². The molecule has 0 fully saturated rings. The zero-order chi connectivity index (χ0) is 22.2. The van der Waals surface area contributed by atoms with Gasteiger partial charge in [0.05, 0.1) is 12.1 Å². The smallest absolute Gasteiger partial charge is 0.326 e. The second kappa shape index (κ2) is 11.6. The molecule has 28 heavy (non-hydrogen) atoms. The molecule has 0 aliphatic carbocycles. The van der Waals surface area contributed by atoms with Crippen LogP contribution >= 0.6 is 0 Å². The number of hydrogen-bond donors (Lipinski definition) is 6. The van der Waals surface area contributed by atoms with Gasteiger partial charge in [-0.1, -0.05) is 27.7 Å². The summed E-state index contributed by atoms with van der Waals surface area (Å²) in [7, 11) is 0. The molecule has 5 unspecified atom stereocenters. The van der Waals surface area contributed by atoms with Gasteiger partial charge in [0.2, 0.25) is 17.7 Å². The van der Waals surface area contributed by atoms with Gasteiger partial charge in [-0.05, 0) is 32.1 Å². The van der Waals surface area contributed by atoms with Crippen molar-refractivity contribution in [3.63, 3.8) is 0 Å². The number of hydrogen-bond acceptors (Lipinski definition) is 6. The molecule has 0 heterocycles. The highest BCUT2D eigenvalue weighted by molar-refractivity contribution is 5.94. The summed E-state index contributed by atoms with van der Waals surface area (Å²) in [6.45, 7) is 9.83. The number of aliphatic hydroxyl groups excluding tert-OH is 1. The maximum Gasteiger partial charge on any atom is 0.326 e. The van der Waals surface area contributed by atoms with E-state index in [2.05, 4.69) is 16.0 Å². The molecule has 0 rings (SSSR count). The number of carboxylic acids is 1. The zero-order valence-electron chi connectivity index (χ0n) is 17.4. The Hall–Kier alpha value is -2.20. The third-order valence-electron chi connectivity index (χ3n) is 4.16. The van der Waals surface area contributed by atoms with Crippen LogP contribution in [0.3, 0.4) is 0 Å². The van der Waals surface area contributed by atoms with Gasteiger partial charge in [0.25, 0.3) is 0 Å². The molecular weight excluding hydrogens is 368 g/mol. The van der Waals surface area contributed by atoms with Crippen molar-refractivity contribution in [1.82, 2.24) is 16.0 Å². The zero-order valence-corrected chi connectivity index (χ0v) is 17.4. The first-order valence-corrected chi connectivity index (χ1v) is 9.35. The van der Waals surface area contributed by atoms with E-state index in [9.17, 15) is 29.4 Å². The lowest BCUT2D eigenvalue weighted by atomic mass is 10.0. The van der Waals surface area contributed by atoms with Gasteiger partial charge in [0.1, 0.15) is 18.1 Å². The number of amides is 3. The standard InChI is InChI=1S/C18H34N4O6/c1-8(2)7-12(18(27)28)21-15(24)10(5)20-17(26)14(11(6)23)22-16(25)13(19)9(3)4/h8-14,23H,7,19H2,1-6H3,(H,20,26)(H,21,24)(H,22,25)(H,27,28). The number of aliphatic carboxylic acids is 1. The Morgan fingerprint density at radius 2 is 1.39 bits per heavy atom. The van der Waals surface area contributed by atoms with E-state index < -0.39 is 54.0 Å². The van der Waals surface area contributed by atoms with Crippen LogP contribution in [0.5, 0.6) is 0 Å². The number of nitrogens with one attached hydrogen (secondary N) is 3. The molecule has 0 aromatic rings. The molecule has 7 N–H and O–H groups in total. The second-order valence-corrected chi connectivity index (χ2v) is 7.76. The van der Waals surface area contributed by atoms with Gasteiger partial charge in [0, 0.05) is 0 Å². The first-order valence-electron chi connectivity index (χ1n) is 9.35. The topological polar surface area (TPSA) is 171 Å². The van der Waals surface area contributed by atoms with Crippen LogP contribution < -0.4 is 21.7 Å². The number of nitrogens with two attached hydrogens (primary N) is 1. The van der Waals surface area contributed by atoms with E-state index in [4.69, 9.17) is 5.73 Å². The summed E-state index contributed by atoms with van der Waals surface area (Å²) in [4.78, 5) is 48.0. The minimum Gasteiger partial charge on any atom is -0.480 e. The third-order valence-corrected chi connectivity index (χ3v) is 4.16. The second-order valence-electron chi connectivity index (χ2n) is 7.76. The summed E-state index contributed by atoms with van der Waals surface area (Å²) in [5.74, 6) is -3.36. The highest BCUT2D eigenvalue weighted by Crippen LogP contribution is 2.06. The van der Waals surface area contributed by atoms with Gasteiger partial charge >= 0.3 is 5.97 Å². The predicted molar refractivity (Wildman–Crippen MR) is 103 cm³/mol. The molecule has 0 aliphatic heterocycles. The van der Waals surface area contributed by atoms with Gasteiger partial charge in [-0.15, -0.1) is 0 Å². The van der Waals surface area contributed by atoms with Crippen LogP contribution in [-0.4, -0.2) is 64.2 Å². The summed E-state index contributed by atoms with van der Waals surface area (Å²) in [5, 5.41) is 26.1. The quantitative estimate of drug-likeness (QED) is 0.256. The fraction of sp³-hybridized carbons (Fsp3) is 0.778. The lowest BCUT2D eigenvalue weighted by Gasteiger charge is -2.26. The first-order chi connectivity index (χ1) is 12.8. The molecule has 0 radical (unpaired) electrons. The summed E-state index contributed by atoms with van der Waals surface area (Å²) >= 11 is 0. The largest absolute Gasteiger partial charge is 0.480 e. The van der Waals surface area contributed by atoms with Gasteiger partial charge < -0.3 is 31.9 Å². The number of carboxylic acid groups (broad SMARTS) is 1. The molecule has 0 saturated heterocycles. The summed E-state index contributed by atoms with van der Waals surface area (Å²) in [6, 6.07) is -4.32. The van der Waals surface area contributed by atoms with Crippen LogP contribution in [0.15, 0.2) is 0 Å². The monoisotopic (exact) mass is 402 g/mol. The Morgan fingerprint density at radius 3 is 1.79 bits per heavy atom. The number of rotatable bonds is 11. The van der Waals surface area contributed by atoms with Gasteiger partial charge in [-0.2, -0.15) is 0 Å². The van der Waals surface area contributed by atoms with Crippen LogP contribution in [0.25, 0.3) is 0 Å². The van der Waals surface area contributed by atoms with Crippen LogP contribution in [0.4, 0.5) is 0 Å². The SMILES string of the molecule is CC(C)CC(NC(=O)C(C)NC(=O)C(NC(=O)C(N)C(C)C)C(C)O)C(=O)O. The Morgan fingerprint density at radius 1 is 0.857 bits per heavy atom. The normalized spacial score (nSPS) is 16.6. The molecule has 10 heteroatoms. The first kappa shape index (κ1) is 25.8. The van der Waals surface area contributed by atoms with E-state index in [0.717, 1.165) is 0 Å². The van der Waals surface area contributed by atoms with Crippen molar-refractivity contribution >= 4 is 23.7 Å². The highest BCUT2D eigenvalue weighted by atomic mass is 16.4. The molecule has 0 spiro atoms. The Balaban J connectivity index is 4.99. The fourth-order valence-corrected chi connectivity index (χ4v) is 2.32. The highest BCUT2D eigenvalue weighted by Gasteiger charge is 2.31. The van der Waals surface area contributed by atoms with Crippen molar-refractivity contribution in [3.8, 4) is 0 Å². The Bertz CT molecular complexity index is 564. The van der Waals surface area contributed by atoms with Gasteiger partial charge in [-0.3, -0.25) is 14.4 Å². The maximum atomic E-state index is 12.4. The van der Waals surface area contributed by atoms with Crippen molar-refractivity contribution < 1.29 is 29.4 Å². The van der Waals surface area contributed by atoms with E-state index in [1.165, 1.54) is 13.8 Å². The maximum absolute atomic E-state index is 12.4. The number of aliphatic hydroxyl groups is 1. The van der Waals surface area contributed by atoms with Gasteiger partial charge in [-0.25, -0.2) is 4.79 Å². The van der Waals surface area contributed by atoms with E-state index >= 15 is 0 Å². The average Bonchev–Trinajstić information content (AvgIpc) is 2.56. The molecule has 0 aliphatic rings. The van der Waals surface area contributed by atoms with E-state index in [-0.39, 0.29) is 18.3 Å². The van der Waals surface area contributed by atoms with E-state index in [1.54, 1.807) is 13.8 Å². The Kier molecular flexibility index (Phi) is 10.7. The molecule has 0 saturated carbocycles. The molecule has 0 aromatic carbocycles. The lowest BCUT2D eigenvalue weighted by molar-refractivity contribution is -0.142. The summed E-state index contributed by atoms with van der Waals surface area (Å²) < 4.78 is 0. The number of carbonyl (C=O) groups excluding carboxylic acids is 3. The fourth-order valence-electron chi connectivity index (χ4n) is 2.32. The van der Waals surface area contributed by atoms with Gasteiger partial charge in [0.15, 0.2) is 0 Å². The lowest BCUT2D eigenvalue weighted by Crippen LogP contribution is -2.59. The van der Waals surface area contributed by atoms with Crippen molar-refractivity contribution in [2.45, 2.75) is 78.2 Å².